The molecular formula is C20H26N2. The second kappa shape index (κ2) is 5.12. The molecular weight excluding hydrogens is 268 g/mol. The van der Waals surface area contributed by atoms with E-state index in [9.17, 15) is 0 Å². The number of hydrogen-bond acceptors (Lipinski definition) is 1. The Morgan fingerprint density at radius 2 is 1.77 bits per heavy atom. The molecule has 1 aliphatic carbocycles. The van der Waals surface area contributed by atoms with Crippen molar-refractivity contribution in [3.63, 3.8) is 0 Å². The highest BCUT2D eigenvalue weighted by molar-refractivity contribution is 5.59. The zero-order chi connectivity index (χ0) is 16.0. The summed E-state index contributed by atoms with van der Waals surface area (Å²) in [7, 11) is 0. The molecule has 116 valence electrons. The van der Waals surface area contributed by atoms with Crippen LogP contribution in [-0.2, 0) is 17.3 Å². The van der Waals surface area contributed by atoms with E-state index in [2.05, 4.69) is 56.6 Å². The lowest BCUT2D eigenvalue weighted by atomic mass is 9.62. The lowest BCUT2D eigenvalue weighted by Gasteiger charge is -2.42. The fourth-order valence-electron chi connectivity index (χ4n) is 3.60. The Morgan fingerprint density at radius 1 is 1.14 bits per heavy atom. The first-order valence-corrected chi connectivity index (χ1v) is 8.12. The standard InChI is InChI=1S/C20H26N2/c1-6-14-12-17-18(20(4,5)9-8-19(17,2)3)13-15(14)11-16-7-10-21-22-16/h6-7,10,12-13H,1,8-9,11H2,2-5H3,(H,21,22). The van der Waals surface area contributed by atoms with Gasteiger partial charge in [-0.1, -0.05) is 52.5 Å². The minimum atomic E-state index is 0.241. The first kappa shape index (κ1) is 15.1. The van der Waals surface area contributed by atoms with Gasteiger partial charge in [0.2, 0.25) is 0 Å². The molecule has 1 aromatic carbocycles. The lowest BCUT2D eigenvalue weighted by molar-refractivity contribution is 0.331. The van der Waals surface area contributed by atoms with E-state index < -0.39 is 0 Å². The predicted octanol–water partition coefficient (Wildman–Crippen LogP) is 4.99. The van der Waals surface area contributed by atoms with E-state index in [1.54, 1.807) is 0 Å². The highest BCUT2D eigenvalue weighted by Crippen LogP contribution is 2.46. The summed E-state index contributed by atoms with van der Waals surface area (Å²) in [6.45, 7) is 13.5. The van der Waals surface area contributed by atoms with Crippen molar-refractivity contribution in [2.24, 2.45) is 0 Å². The third kappa shape index (κ3) is 2.51. The number of rotatable bonds is 3. The summed E-state index contributed by atoms with van der Waals surface area (Å²) in [6.07, 6.45) is 7.20. The fraction of sp³-hybridized carbons (Fsp3) is 0.450. The van der Waals surface area contributed by atoms with Crippen LogP contribution in [0.25, 0.3) is 6.08 Å². The Morgan fingerprint density at radius 3 is 2.32 bits per heavy atom. The van der Waals surface area contributed by atoms with Crippen molar-refractivity contribution >= 4 is 6.08 Å². The van der Waals surface area contributed by atoms with Gasteiger partial charge in [-0.2, -0.15) is 5.10 Å². The Labute approximate surface area is 133 Å². The topological polar surface area (TPSA) is 28.7 Å². The molecule has 2 aromatic rings. The van der Waals surface area contributed by atoms with Gasteiger partial charge in [0.25, 0.3) is 0 Å². The van der Waals surface area contributed by atoms with Crippen molar-refractivity contribution in [1.29, 1.82) is 0 Å². The molecule has 1 aliphatic rings. The average Bonchev–Trinajstić information content (AvgIpc) is 2.96. The Hall–Kier alpha value is -1.83. The summed E-state index contributed by atoms with van der Waals surface area (Å²) in [5.41, 5.74) is 7.12. The SMILES string of the molecule is C=Cc1cc2c(cc1Cc1cc[nH]n1)C(C)(C)CCC2(C)C. The van der Waals surface area contributed by atoms with Crippen molar-refractivity contribution < 1.29 is 0 Å². The second-order valence-electron chi connectivity index (χ2n) is 7.81. The summed E-state index contributed by atoms with van der Waals surface area (Å²) in [6, 6.07) is 6.81. The Bertz CT molecular complexity index is 691. The summed E-state index contributed by atoms with van der Waals surface area (Å²) < 4.78 is 0. The largest absolute Gasteiger partial charge is 0.285 e. The first-order valence-electron chi connectivity index (χ1n) is 8.12. The molecule has 0 amide bonds. The molecule has 3 rings (SSSR count). The Kier molecular flexibility index (Phi) is 3.51. The Balaban J connectivity index is 2.15. The molecule has 1 heterocycles. The molecule has 0 atom stereocenters. The van der Waals surface area contributed by atoms with Crippen molar-refractivity contribution in [2.75, 3.05) is 0 Å². The van der Waals surface area contributed by atoms with E-state index in [0.717, 1.165) is 12.1 Å². The highest BCUT2D eigenvalue weighted by atomic mass is 15.1. The van der Waals surface area contributed by atoms with Crippen LogP contribution in [0.3, 0.4) is 0 Å². The van der Waals surface area contributed by atoms with E-state index >= 15 is 0 Å². The zero-order valence-electron chi connectivity index (χ0n) is 14.2. The lowest BCUT2D eigenvalue weighted by Crippen LogP contribution is -2.34. The van der Waals surface area contributed by atoms with Crippen LogP contribution in [0, 0.1) is 0 Å². The quantitative estimate of drug-likeness (QED) is 0.848. The summed E-state index contributed by atoms with van der Waals surface area (Å²) in [4.78, 5) is 0. The monoisotopic (exact) mass is 294 g/mol. The third-order valence-electron chi connectivity index (χ3n) is 5.26. The smallest absolute Gasteiger partial charge is 0.0666 e. The van der Waals surface area contributed by atoms with Crippen LogP contribution in [-0.4, -0.2) is 10.2 Å². The maximum Gasteiger partial charge on any atom is 0.0666 e. The first-order chi connectivity index (χ1) is 10.3. The molecule has 0 aliphatic heterocycles. The molecule has 0 radical (unpaired) electrons. The van der Waals surface area contributed by atoms with Crippen LogP contribution < -0.4 is 0 Å². The maximum atomic E-state index is 4.30. The molecule has 0 bridgehead atoms. The maximum absolute atomic E-state index is 4.30. The summed E-state index contributed by atoms with van der Waals surface area (Å²) in [5.74, 6) is 0. The zero-order valence-corrected chi connectivity index (χ0v) is 14.2. The summed E-state index contributed by atoms with van der Waals surface area (Å²) in [5, 5.41) is 7.21. The summed E-state index contributed by atoms with van der Waals surface area (Å²) >= 11 is 0. The molecule has 22 heavy (non-hydrogen) atoms. The fourth-order valence-corrected chi connectivity index (χ4v) is 3.60. The number of aromatic nitrogens is 2. The van der Waals surface area contributed by atoms with Crippen LogP contribution in [0.5, 0.6) is 0 Å². The molecule has 0 saturated heterocycles. The molecule has 0 spiro atoms. The number of benzene rings is 1. The van der Waals surface area contributed by atoms with Crippen LogP contribution in [0.15, 0.2) is 31.0 Å². The number of nitrogens with one attached hydrogen (secondary N) is 1. The third-order valence-corrected chi connectivity index (χ3v) is 5.26. The minimum Gasteiger partial charge on any atom is -0.285 e. The molecule has 0 unspecified atom stereocenters. The van der Waals surface area contributed by atoms with Crippen molar-refractivity contribution in [3.8, 4) is 0 Å². The molecule has 0 saturated carbocycles. The number of H-pyrrole nitrogens is 1. The molecule has 0 fully saturated rings. The van der Waals surface area contributed by atoms with E-state index in [1.165, 1.54) is 35.1 Å². The average molecular weight is 294 g/mol. The molecule has 2 nitrogen and oxygen atoms in total. The van der Waals surface area contributed by atoms with Gasteiger partial charge >= 0.3 is 0 Å². The second-order valence-corrected chi connectivity index (χ2v) is 7.81. The molecule has 1 aromatic heterocycles. The number of aromatic amines is 1. The van der Waals surface area contributed by atoms with Gasteiger partial charge in [0, 0.05) is 12.6 Å². The van der Waals surface area contributed by atoms with Crippen molar-refractivity contribution in [1.82, 2.24) is 10.2 Å². The normalized spacial score (nSPS) is 18.7. The number of fused-ring (bicyclic) bond motifs is 1. The van der Waals surface area contributed by atoms with Crippen LogP contribution in [0.1, 0.15) is 68.5 Å². The van der Waals surface area contributed by atoms with E-state index in [4.69, 9.17) is 0 Å². The van der Waals surface area contributed by atoms with E-state index in [1.807, 2.05) is 18.3 Å². The highest BCUT2D eigenvalue weighted by Gasteiger charge is 2.37. The van der Waals surface area contributed by atoms with Gasteiger partial charge in [0.1, 0.15) is 0 Å². The van der Waals surface area contributed by atoms with Crippen LogP contribution >= 0.6 is 0 Å². The van der Waals surface area contributed by atoms with Gasteiger partial charge in [0.15, 0.2) is 0 Å². The molecule has 1 N–H and O–H groups in total. The van der Waals surface area contributed by atoms with Crippen molar-refractivity contribution in [2.45, 2.75) is 57.8 Å². The predicted molar refractivity (Wildman–Crippen MR) is 93.2 cm³/mol. The van der Waals surface area contributed by atoms with Gasteiger partial charge in [-0.25, -0.2) is 0 Å². The number of nitrogens with zero attached hydrogens (tertiary/aromatic N) is 1. The van der Waals surface area contributed by atoms with Crippen LogP contribution in [0.4, 0.5) is 0 Å². The molecule has 2 heteroatoms. The minimum absolute atomic E-state index is 0.241. The van der Waals surface area contributed by atoms with E-state index in [0.29, 0.717) is 0 Å². The van der Waals surface area contributed by atoms with Gasteiger partial charge in [0.05, 0.1) is 5.69 Å². The van der Waals surface area contributed by atoms with Gasteiger partial charge in [-0.15, -0.1) is 0 Å². The van der Waals surface area contributed by atoms with Gasteiger partial charge in [-0.05, 0) is 52.0 Å². The van der Waals surface area contributed by atoms with Gasteiger partial charge < -0.3 is 0 Å². The van der Waals surface area contributed by atoms with Crippen molar-refractivity contribution in [3.05, 3.63) is 58.9 Å². The number of hydrogen-bond donors (Lipinski definition) is 1. The van der Waals surface area contributed by atoms with Gasteiger partial charge in [-0.3, -0.25) is 5.10 Å². The van der Waals surface area contributed by atoms with Crippen LogP contribution in [0.2, 0.25) is 0 Å². The van der Waals surface area contributed by atoms with E-state index in [-0.39, 0.29) is 10.8 Å².